The van der Waals surface area contributed by atoms with E-state index in [-0.39, 0.29) is 11.4 Å². The van der Waals surface area contributed by atoms with E-state index in [9.17, 15) is 13.2 Å². The number of aromatic nitrogens is 2. The molecule has 9 heteroatoms. The van der Waals surface area contributed by atoms with E-state index in [1.165, 1.54) is 25.3 Å². The number of nitrogens with one attached hydrogen (secondary N) is 2. The monoisotopic (exact) mass is 350 g/mol. The highest BCUT2D eigenvalue weighted by atomic mass is 32.2. The fourth-order valence-corrected chi connectivity index (χ4v) is 3.30. The van der Waals surface area contributed by atoms with Crippen LogP contribution >= 0.6 is 0 Å². The summed E-state index contributed by atoms with van der Waals surface area (Å²) >= 11 is 0. The van der Waals surface area contributed by atoms with E-state index in [1.54, 1.807) is 25.5 Å². The summed E-state index contributed by atoms with van der Waals surface area (Å²) < 4.78 is 31.8. The lowest BCUT2D eigenvalue weighted by molar-refractivity contribution is 0.0600. The number of carbonyl (C=O) groups is 1. The Morgan fingerprint density at radius 1 is 1.25 bits per heavy atom. The van der Waals surface area contributed by atoms with Crippen molar-refractivity contribution in [1.82, 2.24) is 14.7 Å². The van der Waals surface area contributed by atoms with Crippen LogP contribution in [0.1, 0.15) is 15.9 Å². The summed E-state index contributed by atoms with van der Waals surface area (Å²) in [6, 6.07) is 4.30. The van der Waals surface area contributed by atoms with Crippen LogP contribution in [0.25, 0.3) is 0 Å². The second-order valence-corrected chi connectivity index (χ2v) is 6.62. The SMILES string of the molecule is COC(=O)c1ccc(S(=O)(=O)NCCNc2cnccn2)c(C)c1. The topological polar surface area (TPSA) is 110 Å². The molecule has 0 unspecified atom stereocenters. The molecular weight excluding hydrogens is 332 g/mol. The number of aryl methyl sites for hydroxylation is 1. The Labute approximate surface area is 140 Å². The van der Waals surface area contributed by atoms with Crippen LogP contribution in [0.15, 0.2) is 41.7 Å². The molecule has 0 saturated heterocycles. The van der Waals surface area contributed by atoms with E-state index in [2.05, 4.69) is 24.7 Å². The molecule has 0 saturated carbocycles. The summed E-state index contributed by atoms with van der Waals surface area (Å²) in [5, 5.41) is 2.95. The Bertz CT molecular complexity index is 809. The van der Waals surface area contributed by atoms with E-state index in [0.717, 1.165) is 0 Å². The third kappa shape index (κ3) is 4.49. The number of hydrogen-bond donors (Lipinski definition) is 2. The van der Waals surface area contributed by atoms with Gasteiger partial charge in [-0.05, 0) is 30.7 Å². The molecule has 1 heterocycles. The molecule has 2 aromatic rings. The van der Waals surface area contributed by atoms with Crippen molar-refractivity contribution in [1.29, 1.82) is 0 Å². The van der Waals surface area contributed by atoms with Crippen molar-refractivity contribution < 1.29 is 17.9 Å². The highest BCUT2D eigenvalue weighted by molar-refractivity contribution is 7.89. The summed E-state index contributed by atoms with van der Waals surface area (Å²) in [7, 11) is -2.40. The molecule has 0 aliphatic heterocycles. The largest absolute Gasteiger partial charge is 0.465 e. The quantitative estimate of drug-likeness (QED) is 0.565. The highest BCUT2D eigenvalue weighted by Crippen LogP contribution is 2.17. The zero-order valence-corrected chi connectivity index (χ0v) is 14.1. The van der Waals surface area contributed by atoms with Crippen molar-refractivity contribution >= 4 is 21.8 Å². The predicted octanol–water partition coefficient (Wildman–Crippen LogP) is 0.962. The lowest BCUT2D eigenvalue weighted by Gasteiger charge is -2.11. The lowest BCUT2D eigenvalue weighted by Crippen LogP contribution is -2.29. The van der Waals surface area contributed by atoms with Crippen LogP contribution in [0, 0.1) is 6.92 Å². The lowest BCUT2D eigenvalue weighted by atomic mass is 10.1. The average molecular weight is 350 g/mol. The number of benzene rings is 1. The van der Waals surface area contributed by atoms with Gasteiger partial charge in [0, 0.05) is 25.5 Å². The molecule has 0 amide bonds. The maximum atomic E-state index is 12.3. The average Bonchev–Trinajstić information content (AvgIpc) is 2.58. The van der Waals surface area contributed by atoms with Crippen LogP contribution in [0.4, 0.5) is 5.82 Å². The molecule has 0 radical (unpaired) electrons. The van der Waals surface area contributed by atoms with Gasteiger partial charge in [0.15, 0.2) is 0 Å². The third-order valence-corrected chi connectivity index (χ3v) is 4.79. The first-order valence-electron chi connectivity index (χ1n) is 7.12. The van der Waals surface area contributed by atoms with Crippen molar-refractivity contribution in [2.75, 3.05) is 25.5 Å². The van der Waals surface area contributed by atoms with E-state index in [0.29, 0.717) is 23.5 Å². The molecule has 1 aromatic carbocycles. The standard InChI is InChI=1S/C15H18N4O4S/c1-11-9-12(15(20)23-2)3-4-13(11)24(21,22)19-8-7-18-14-10-16-5-6-17-14/h3-6,9-10,19H,7-8H2,1-2H3,(H,17,18). The van der Waals surface area contributed by atoms with Gasteiger partial charge in [-0.1, -0.05) is 0 Å². The molecular formula is C15H18N4O4S. The molecule has 24 heavy (non-hydrogen) atoms. The van der Waals surface area contributed by atoms with Crippen molar-refractivity contribution in [3.8, 4) is 0 Å². The third-order valence-electron chi connectivity index (χ3n) is 3.17. The number of nitrogens with zero attached hydrogens (tertiary/aromatic N) is 2. The second kappa shape index (κ2) is 7.84. The molecule has 2 N–H and O–H groups in total. The Morgan fingerprint density at radius 2 is 2.04 bits per heavy atom. The van der Waals surface area contributed by atoms with E-state index in [4.69, 9.17) is 0 Å². The van der Waals surface area contributed by atoms with Gasteiger partial charge in [0.1, 0.15) is 5.82 Å². The number of rotatable bonds is 7. The Morgan fingerprint density at radius 3 is 2.67 bits per heavy atom. The first-order valence-corrected chi connectivity index (χ1v) is 8.61. The zero-order chi connectivity index (χ0) is 17.6. The molecule has 1 aromatic heterocycles. The summed E-state index contributed by atoms with van der Waals surface area (Å²) in [5.74, 6) is 0.0542. The minimum Gasteiger partial charge on any atom is -0.465 e. The van der Waals surface area contributed by atoms with Crippen LogP contribution in [0.5, 0.6) is 0 Å². The number of carbonyl (C=O) groups excluding carboxylic acids is 1. The number of ether oxygens (including phenoxy) is 1. The first-order chi connectivity index (χ1) is 11.4. The molecule has 128 valence electrons. The zero-order valence-electron chi connectivity index (χ0n) is 13.3. The normalized spacial score (nSPS) is 11.1. The van der Waals surface area contributed by atoms with Gasteiger partial charge in [0.25, 0.3) is 0 Å². The fourth-order valence-electron chi connectivity index (χ4n) is 2.04. The molecule has 0 aliphatic carbocycles. The van der Waals surface area contributed by atoms with Gasteiger partial charge in [0.05, 0.1) is 23.8 Å². The molecule has 0 aliphatic rings. The van der Waals surface area contributed by atoms with Crippen molar-refractivity contribution in [2.24, 2.45) is 0 Å². The minimum absolute atomic E-state index is 0.120. The van der Waals surface area contributed by atoms with E-state index in [1.807, 2.05) is 0 Å². The molecule has 2 rings (SSSR count). The molecule has 0 bridgehead atoms. The van der Waals surface area contributed by atoms with Crippen molar-refractivity contribution in [2.45, 2.75) is 11.8 Å². The van der Waals surface area contributed by atoms with Crippen LogP contribution in [-0.2, 0) is 14.8 Å². The highest BCUT2D eigenvalue weighted by Gasteiger charge is 2.18. The predicted molar refractivity (Wildman–Crippen MR) is 88.2 cm³/mol. The molecule has 0 atom stereocenters. The number of esters is 1. The first kappa shape index (κ1) is 17.8. The number of anilines is 1. The Kier molecular flexibility index (Phi) is 5.83. The molecule has 0 spiro atoms. The van der Waals surface area contributed by atoms with Gasteiger partial charge in [-0.25, -0.2) is 22.9 Å². The van der Waals surface area contributed by atoms with Crippen molar-refractivity contribution in [3.05, 3.63) is 47.9 Å². The maximum Gasteiger partial charge on any atom is 0.337 e. The summed E-state index contributed by atoms with van der Waals surface area (Å²) in [6.45, 7) is 2.16. The van der Waals surface area contributed by atoms with Gasteiger partial charge in [-0.3, -0.25) is 4.98 Å². The fraction of sp³-hybridized carbons (Fsp3) is 0.267. The van der Waals surface area contributed by atoms with Crippen LogP contribution in [-0.4, -0.2) is 44.6 Å². The van der Waals surface area contributed by atoms with Gasteiger partial charge >= 0.3 is 5.97 Å². The number of sulfonamides is 1. The molecule has 0 fully saturated rings. The number of hydrogen-bond acceptors (Lipinski definition) is 7. The van der Waals surface area contributed by atoms with Crippen LogP contribution in [0.2, 0.25) is 0 Å². The van der Waals surface area contributed by atoms with Crippen LogP contribution in [0.3, 0.4) is 0 Å². The van der Waals surface area contributed by atoms with Gasteiger partial charge < -0.3 is 10.1 Å². The maximum absolute atomic E-state index is 12.3. The van der Waals surface area contributed by atoms with Gasteiger partial charge in [0.2, 0.25) is 10.0 Å². The van der Waals surface area contributed by atoms with Gasteiger partial charge in [-0.2, -0.15) is 0 Å². The van der Waals surface area contributed by atoms with Crippen molar-refractivity contribution in [3.63, 3.8) is 0 Å². The summed E-state index contributed by atoms with van der Waals surface area (Å²) in [6.07, 6.45) is 4.64. The summed E-state index contributed by atoms with van der Waals surface area (Å²) in [4.78, 5) is 19.5. The van der Waals surface area contributed by atoms with Crippen LogP contribution < -0.4 is 10.0 Å². The van der Waals surface area contributed by atoms with Gasteiger partial charge in [-0.15, -0.1) is 0 Å². The van der Waals surface area contributed by atoms with E-state index < -0.39 is 16.0 Å². The molecule has 8 nitrogen and oxygen atoms in total. The smallest absolute Gasteiger partial charge is 0.337 e. The van der Waals surface area contributed by atoms with E-state index >= 15 is 0 Å². The number of methoxy groups -OCH3 is 1. The minimum atomic E-state index is -3.67. The Balaban J connectivity index is 1.98. The summed E-state index contributed by atoms with van der Waals surface area (Å²) in [5.41, 5.74) is 0.769. The Hall–Kier alpha value is -2.52. The second-order valence-electron chi connectivity index (χ2n) is 4.89.